The van der Waals surface area contributed by atoms with E-state index in [1.54, 1.807) is 4.90 Å². The molecule has 0 radical (unpaired) electrons. The molecule has 0 aliphatic rings. The molecule has 5 heteroatoms. The molecule has 1 aromatic carbocycles. The summed E-state index contributed by atoms with van der Waals surface area (Å²) in [6, 6.07) is 9.92. The number of hydrogen-bond acceptors (Lipinski definition) is 3. The smallest absolute Gasteiger partial charge is 0.317 e. The summed E-state index contributed by atoms with van der Waals surface area (Å²) in [5.74, 6) is -1.06. The molecular weight excluding hydrogens is 256 g/mol. The zero-order valence-corrected chi connectivity index (χ0v) is 12.0. The zero-order valence-electron chi connectivity index (χ0n) is 12.0. The summed E-state index contributed by atoms with van der Waals surface area (Å²) in [5.41, 5.74) is 1.17. The average molecular weight is 278 g/mol. The molecule has 1 aromatic rings. The van der Waals surface area contributed by atoms with Gasteiger partial charge in [-0.2, -0.15) is 0 Å². The van der Waals surface area contributed by atoms with Crippen molar-refractivity contribution in [3.8, 4) is 0 Å². The molecule has 0 aromatic heterocycles. The van der Waals surface area contributed by atoms with Crippen LogP contribution in [0.5, 0.6) is 0 Å². The summed E-state index contributed by atoms with van der Waals surface area (Å²) in [5, 5.41) is 11.6. The second-order valence-electron chi connectivity index (χ2n) is 4.98. The summed E-state index contributed by atoms with van der Waals surface area (Å²) in [6.07, 6.45) is 0.771. The standard InChI is InChI=1S/C15H22N2O3/c1-12(2)17(11-15(19)20)10-14(18)16-9-8-13-6-4-3-5-7-13/h3-7,12H,8-11H2,1-2H3,(H,16,18)(H,19,20). The van der Waals surface area contributed by atoms with E-state index in [9.17, 15) is 9.59 Å². The third-order valence-corrected chi connectivity index (χ3v) is 2.99. The Bertz CT molecular complexity index is 432. The molecule has 0 bridgehead atoms. The number of carboxylic acids is 1. The number of aliphatic carboxylic acids is 1. The number of hydrogen-bond donors (Lipinski definition) is 2. The van der Waals surface area contributed by atoms with Crippen molar-refractivity contribution in [2.75, 3.05) is 19.6 Å². The predicted octanol–water partition coefficient (Wildman–Crippen LogP) is 1.14. The highest BCUT2D eigenvalue weighted by atomic mass is 16.4. The van der Waals surface area contributed by atoms with Crippen LogP contribution in [0.1, 0.15) is 19.4 Å². The molecule has 110 valence electrons. The van der Waals surface area contributed by atoms with Gasteiger partial charge in [0, 0.05) is 12.6 Å². The monoisotopic (exact) mass is 278 g/mol. The van der Waals surface area contributed by atoms with Crippen molar-refractivity contribution in [1.82, 2.24) is 10.2 Å². The van der Waals surface area contributed by atoms with Crippen LogP contribution in [0, 0.1) is 0 Å². The van der Waals surface area contributed by atoms with E-state index >= 15 is 0 Å². The number of nitrogens with zero attached hydrogens (tertiary/aromatic N) is 1. The van der Waals surface area contributed by atoms with E-state index in [0.29, 0.717) is 6.54 Å². The molecule has 1 rings (SSSR count). The van der Waals surface area contributed by atoms with Crippen molar-refractivity contribution >= 4 is 11.9 Å². The quantitative estimate of drug-likeness (QED) is 0.748. The maximum absolute atomic E-state index is 11.8. The lowest BCUT2D eigenvalue weighted by Gasteiger charge is -2.23. The van der Waals surface area contributed by atoms with Crippen molar-refractivity contribution < 1.29 is 14.7 Å². The third-order valence-electron chi connectivity index (χ3n) is 2.99. The SMILES string of the molecule is CC(C)N(CC(=O)O)CC(=O)NCCc1ccccc1. The van der Waals surface area contributed by atoms with E-state index in [-0.39, 0.29) is 25.0 Å². The van der Waals surface area contributed by atoms with Gasteiger partial charge in [0.2, 0.25) is 5.91 Å². The summed E-state index contributed by atoms with van der Waals surface area (Å²) in [6.45, 7) is 4.30. The van der Waals surface area contributed by atoms with Gasteiger partial charge in [0.25, 0.3) is 0 Å². The van der Waals surface area contributed by atoms with Crippen molar-refractivity contribution in [2.24, 2.45) is 0 Å². The number of amides is 1. The maximum Gasteiger partial charge on any atom is 0.317 e. The fraction of sp³-hybridized carbons (Fsp3) is 0.467. The van der Waals surface area contributed by atoms with Crippen LogP contribution in [0.15, 0.2) is 30.3 Å². The highest BCUT2D eigenvalue weighted by molar-refractivity contribution is 5.79. The second kappa shape index (κ2) is 8.32. The molecule has 20 heavy (non-hydrogen) atoms. The van der Waals surface area contributed by atoms with E-state index in [0.717, 1.165) is 6.42 Å². The molecule has 0 aliphatic heterocycles. The van der Waals surface area contributed by atoms with Crippen LogP contribution in [0.25, 0.3) is 0 Å². The van der Waals surface area contributed by atoms with Gasteiger partial charge >= 0.3 is 5.97 Å². The molecular formula is C15H22N2O3. The molecule has 0 saturated carbocycles. The number of nitrogens with one attached hydrogen (secondary N) is 1. The van der Waals surface area contributed by atoms with Crippen LogP contribution >= 0.6 is 0 Å². The van der Waals surface area contributed by atoms with Crippen molar-refractivity contribution in [3.05, 3.63) is 35.9 Å². The largest absolute Gasteiger partial charge is 0.480 e. The molecule has 1 amide bonds. The fourth-order valence-corrected chi connectivity index (χ4v) is 1.83. The first kappa shape index (κ1) is 16.2. The van der Waals surface area contributed by atoms with Crippen LogP contribution in [0.2, 0.25) is 0 Å². The Morgan fingerprint density at radius 1 is 1.20 bits per heavy atom. The molecule has 0 aliphatic carbocycles. The van der Waals surface area contributed by atoms with E-state index in [1.807, 2.05) is 44.2 Å². The van der Waals surface area contributed by atoms with Gasteiger partial charge in [0.1, 0.15) is 0 Å². The van der Waals surface area contributed by atoms with Gasteiger partial charge in [0.15, 0.2) is 0 Å². The van der Waals surface area contributed by atoms with Gasteiger partial charge in [0.05, 0.1) is 13.1 Å². The first-order valence-electron chi connectivity index (χ1n) is 6.75. The second-order valence-corrected chi connectivity index (χ2v) is 4.98. The number of carbonyl (C=O) groups is 2. The van der Waals surface area contributed by atoms with Gasteiger partial charge in [-0.05, 0) is 25.8 Å². The van der Waals surface area contributed by atoms with Crippen LogP contribution in [-0.2, 0) is 16.0 Å². The summed E-state index contributed by atoms with van der Waals surface area (Å²) in [7, 11) is 0. The predicted molar refractivity (Wildman–Crippen MR) is 77.5 cm³/mol. The Hall–Kier alpha value is -1.88. The minimum absolute atomic E-state index is 0.0194. The Labute approximate surface area is 119 Å². The van der Waals surface area contributed by atoms with E-state index in [4.69, 9.17) is 5.11 Å². The topological polar surface area (TPSA) is 69.6 Å². The number of benzene rings is 1. The molecule has 0 spiro atoms. The molecule has 0 atom stereocenters. The lowest BCUT2D eigenvalue weighted by Crippen LogP contribution is -2.43. The van der Waals surface area contributed by atoms with Crippen LogP contribution < -0.4 is 5.32 Å². The molecule has 0 fully saturated rings. The summed E-state index contributed by atoms with van der Waals surface area (Å²) in [4.78, 5) is 24.1. The van der Waals surface area contributed by atoms with Gasteiger partial charge in [-0.25, -0.2) is 0 Å². The number of carbonyl (C=O) groups excluding carboxylic acids is 1. The summed E-state index contributed by atoms with van der Waals surface area (Å²) < 4.78 is 0. The first-order valence-corrected chi connectivity index (χ1v) is 6.75. The van der Waals surface area contributed by atoms with Crippen LogP contribution in [-0.4, -0.2) is 47.6 Å². The average Bonchev–Trinajstić information content (AvgIpc) is 2.38. The molecule has 0 heterocycles. The third kappa shape index (κ3) is 6.33. The molecule has 5 nitrogen and oxygen atoms in total. The van der Waals surface area contributed by atoms with Crippen molar-refractivity contribution in [2.45, 2.75) is 26.3 Å². The van der Waals surface area contributed by atoms with Gasteiger partial charge in [-0.1, -0.05) is 30.3 Å². The van der Waals surface area contributed by atoms with Crippen LogP contribution in [0.3, 0.4) is 0 Å². The number of carboxylic acid groups (broad SMARTS) is 1. The van der Waals surface area contributed by atoms with Gasteiger partial charge in [-0.15, -0.1) is 0 Å². The Balaban J connectivity index is 2.33. The minimum Gasteiger partial charge on any atom is -0.480 e. The zero-order chi connectivity index (χ0) is 15.0. The minimum atomic E-state index is -0.921. The normalized spacial score (nSPS) is 10.8. The van der Waals surface area contributed by atoms with Crippen LogP contribution in [0.4, 0.5) is 0 Å². The van der Waals surface area contributed by atoms with Gasteiger partial charge in [-0.3, -0.25) is 14.5 Å². The van der Waals surface area contributed by atoms with Crippen molar-refractivity contribution in [3.63, 3.8) is 0 Å². The lowest BCUT2D eigenvalue weighted by atomic mass is 10.1. The first-order chi connectivity index (χ1) is 9.49. The molecule has 0 saturated heterocycles. The van der Waals surface area contributed by atoms with Gasteiger partial charge < -0.3 is 10.4 Å². The molecule has 0 unspecified atom stereocenters. The highest BCUT2D eigenvalue weighted by Gasteiger charge is 2.16. The highest BCUT2D eigenvalue weighted by Crippen LogP contribution is 1.99. The Morgan fingerprint density at radius 2 is 1.85 bits per heavy atom. The van der Waals surface area contributed by atoms with E-state index in [2.05, 4.69) is 5.32 Å². The lowest BCUT2D eigenvalue weighted by molar-refractivity contribution is -0.139. The Morgan fingerprint density at radius 3 is 2.40 bits per heavy atom. The van der Waals surface area contributed by atoms with E-state index < -0.39 is 5.97 Å². The summed E-state index contributed by atoms with van der Waals surface area (Å²) >= 11 is 0. The number of rotatable bonds is 8. The molecule has 2 N–H and O–H groups in total. The van der Waals surface area contributed by atoms with Crippen molar-refractivity contribution in [1.29, 1.82) is 0 Å². The Kier molecular flexibility index (Phi) is 6.73. The maximum atomic E-state index is 11.8. The fourth-order valence-electron chi connectivity index (χ4n) is 1.83. The van der Waals surface area contributed by atoms with E-state index in [1.165, 1.54) is 5.56 Å².